The first-order valence-electron chi connectivity index (χ1n) is 7.94. The summed E-state index contributed by atoms with van der Waals surface area (Å²) in [4.78, 5) is 26.3. The maximum Gasteiger partial charge on any atom is 0.275 e. The Morgan fingerprint density at radius 1 is 1.21 bits per heavy atom. The van der Waals surface area contributed by atoms with Gasteiger partial charge in [0.15, 0.2) is 5.69 Å². The summed E-state index contributed by atoms with van der Waals surface area (Å²) in [7, 11) is 1.57. The van der Waals surface area contributed by atoms with Crippen LogP contribution in [0.25, 0.3) is 5.69 Å². The minimum Gasteiger partial charge on any atom is -0.357 e. The van der Waals surface area contributed by atoms with Gasteiger partial charge in [0.05, 0.1) is 5.69 Å². The number of amides is 2. The van der Waals surface area contributed by atoms with Crippen molar-refractivity contribution in [2.24, 2.45) is 0 Å². The Morgan fingerprint density at radius 2 is 1.96 bits per heavy atom. The minimum absolute atomic E-state index is 0.152. The van der Waals surface area contributed by atoms with Crippen molar-refractivity contribution in [1.82, 2.24) is 20.0 Å². The highest BCUT2D eigenvalue weighted by Gasteiger charge is 2.32. The first kappa shape index (κ1) is 16.2. The molecule has 0 bridgehead atoms. The van der Waals surface area contributed by atoms with E-state index >= 15 is 0 Å². The van der Waals surface area contributed by atoms with Crippen LogP contribution in [0.1, 0.15) is 29.8 Å². The Balaban J connectivity index is 1.82. The number of hydrogen-bond donors (Lipinski definition) is 1. The predicted octanol–water partition coefficient (Wildman–Crippen LogP) is 1.75. The van der Waals surface area contributed by atoms with Crippen molar-refractivity contribution in [3.63, 3.8) is 0 Å². The smallest absolute Gasteiger partial charge is 0.275 e. The molecule has 6 nitrogen and oxygen atoms in total. The second kappa shape index (κ2) is 6.82. The van der Waals surface area contributed by atoms with Crippen molar-refractivity contribution >= 4 is 11.8 Å². The fourth-order valence-electron chi connectivity index (χ4n) is 2.94. The summed E-state index contributed by atoms with van der Waals surface area (Å²) in [6.07, 6.45) is 4.10. The summed E-state index contributed by atoms with van der Waals surface area (Å²) < 4.78 is 14.5. The molecule has 0 radical (unpaired) electrons. The number of hydrogen-bond acceptors (Lipinski definition) is 3. The number of nitrogens with one attached hydrogen (secondary N) is 1. The number of rotatable bonds is 3. The summed E-state index contributed by atoms with van der Waals surface area (Å²) in [5.41, 5.74) is 0.937. The maximum absolute atomic E-state index is 13.0. The number of nitrogens with zero attached hydrogens (tertiary/aromatic N) is 3. The molecule has 126 valence electrons. The summed E-state index contributed by atoms with van der Waals surface area (Å²) in [5.74, 6) is -0.742. The third-order valence-electron chi connectivity index (χ3n) is 4.21. The third kappa shape index (κ3) is 3.15. The van der Waals surface area contributed by atoms with Gasteiger partial charge in [0.1, 0.15) is 11.9 Å². The summed E-state index contributed by atoms with van der Waals surface area (Å²) in [5, 5.41) is 6.89. The Kier molecular flexibility index (Phi) is 4.59. The molecule has 1 unspecified atom stereocenters. The van der Waals surface area contributed by atoms with Gasteiger partial charge in [-0.05, 0) is 49.6 Å². The number of likely N-dealkylation sites (N-methyl/N-ethyl adjacent to an activating group) is 1. The predicted molar refractivity (Wildman–Crippen MR) is 86.3 cm³/mol. The van der Waals surface area contributed by atoms with Crippen molar-refractivity contribution in [2.45, 2.75) is 25.3 Å². The molecule has 0 spiro atoms. The zero-order valence-corrected chi connectivity index (χ0v) is 13.4. The highest BCUT2D eigenvalue weighted by atomic mass is 19.1. The van der Waals surface area contributed by atoms with Gasteiger partial charge in [-0.1, -0.05) is 0 Å². The van der Waals surface area contributed by atoms with Gasteiger partial charge in [0.25, 0.3) is 5.91 Å². The lowest BCUT2D eigenvalue weighted by atomic mass is 10.0. The zero-order valence-electron chi connectivity index (χ0n) is 13.4. The standard InChI is InChI=1S/C17H19FN4O2/c1-19-16(23)15-4-2-3-10-21(15)17(24)14-9-11-22(20-14)13-7-5-12(18)6-8-13/h5-9,11,15H,2-4,10H2,1H3,(H,19,23). The Labute approximate surface area is 139 Å². The van der Waals surface area contributed by atoms with Gasteiger partial charge in [-0.25, -0.2) is 9.07 Å². The molecule has 1 saturated heterocycles. The normalized spacial score (nSPS) is 17.6. The number of likely N-dealkylation sites (tertiary alicyclic amines) is 1. The molecule has 2 aromatic rings. The largest absolute Gasteiger partial charge is 0.357 e. The van der Waals surface area contributed by atoms with E-state index in [9.17, 15) is 14.0 Å². The Bertz CT molecular complexity index is 741. The zero-order chi connectivity index (χ0) is 17.1. The van der Waals surface area contributed by atoms with Gasteiger partial charge in [-0.2, -0.15) is 5.10 Å². The van der Waals surface area contributed by atoms with Crippen LogP contribution in [0.5, 0.6) is 0 Å². The monoisotopic (exact) mass is 330 g/mol. The number of carbonyl (C=O) groups excluding carboxylic acids is 2. The average molecular weight is 330 g/mol. The summed E-state index contributed by atoms with van der Waals surface area (Å²) >= 11 is 0. The number of benzene rings is 1. The first-order chi connectivity index (χ1) is 11.6. The van der Waals surface area contributed by atoms with E-state index in [2.05, 4.69) is 10.4 Å². The Morgan fingerprint density at radius 3 is 2.67 bits per heavy atom. The van der Waals surface area contributed by atoms with E-state index in [1.54, 1.807) is 36.3 Å². The molecule has 2 heterocycles. The fourth-order valence-corrected chi connectivity index (χ4v) is 2.94. The molecule has 1 aliphatic heterocycles. The molecular formula is C17H19FN4O2. The lowest BCUT2D eigenvalue weighted by molar-refractivity contribution is -0.126. The van der Waals surface area contributed by atoms with Crippen LogP contribution in [0.2, 0.25) is 0 Å². The summed E-state index contributed by atoms with van der Waals surface area (Å²) in [6.45, 7) is 0.542. The van der Waals surface area contributed by atoms with Gasteiger partial charge < -0.3 is 10.2 Å². The quantitative estimate of drug-likeness (QED) is 0.932. The first-order valence-corrected chi connectivity index (χ1v) is 7.94. The molecular weight excluding hydrogens is 311 g/mol. The van der Waals surface area contributed by atoms with Crippen LogP contribution in [-0.2, 0) is 4.79 Å². The van der Waals surface area contributed by atoms with Crippen molar-refractivity contribution in [3.8, 4) is 5.69 Å². The van der Waals surface area contributed by atoms with Crippen LogP contribution < -0.4 is 5.32 Å². The van der Waals surface area contributed by atoms with Crippen LogP contribution >= 0.6 is 0 Å². The van der Waals surface area contributed by atoms with E-state index in [1.165, 1.54) is 16.8 Å². The van der Waals surface area contributed by atoms with Crippen molar-refractivity contribution < 1.29 is 14.0 Å². The lowest BCUT2D eigenvalue weighted by Crippen LogP contribution is -2.51. The molecule has 1 aromatic carbocycles. The highest BCUT2D eigenvalue weighted by molar-refractivity contribution is 5.96. The van der Waals surface area contributed by atoms with E-state index in [4.69, 9.17) is 0 Å². The van der Waals surface area contributed by atoms with Crippen LogP contribution in [0.4, 0.5) is 4.39 Å². The van der Waals surface area contributed by atoms with Crippen LogP contribution in [0.15, 0.2) is 36.5 Å². The van der Waals surface area contributed by atoms with E-state index < -0.39 is 6.04 Å². The van der Waals surface area contributed by atoms with Crippen molar-refractivity contribution in [1.29, 1.82) is 0 Å². The van der Waals surface area contributed by atoms with Gasteiger partial charge >= 0.3 is 0 Å². The Hall–Kier alpha value is -2.70. The molecule has 1 aliphatic rings. The number of piperidine rings is 1. The second-order valence-electron chi connectivity index (χ2n) is 5.75. The molecule has 1 fully saturated rings. The fraction of sp³-hybridized carbons (Fsp3) is 0.353. The molecule has 0 aliphatic carbocycles. The molecule has 1 N–H and O–H groups in total. The third-order valence-corrected chi connectivity index (χ3v) is 4.21. The van der Waals surface area contributed by atoms with Crippen LogP contribution in [0, 0.1) is 5.82 Å². The van der Waals surface area contributed by atoms with Gasteiger partial charge in [-0.15, -0.1) is 0 Å². The van der Waals surface area contributed by atoms with Crippen LogP contribution in [0.3, 0.4) is 0 Å². The van der Waals surface area contributed by atoms with Gasteiger partial charge in [-0.3, -0.25) is 9.59 Å². The number of aromatic nitrogens is 2. The van der Waals surface area contributed by atoms with E-state index in [0.717, 1.165) is 12.8 Å². The van der Waals surface area contributed by atoms with E-state index in [1.807, 2.05) is 0 Å². The van der Waals surface area contributed by atoms with E-state index in [-0.39, 0.29) is 23.3 Å². The van der Waals surface area contributed by atoms with E-state index in [0.29, 0.717) is 18.7 Å². The minimum atomic E-state index is -0.452. The number of carbonyl (C=O) groups is 2. The molecule has 1 atom stereocenters. The van der Waals surface area contributed by atoms with Crippen molar-refractivity contribution in [3.05, 3.63) is 48.0 Å². The molecule has 1 aromatic heterocycles. The molecule has 3 rings (SSSR count). The molecule has 2 amide bonds. The molecule has 7 heteroatoms. The number of halogens is 1. The molecule has 0 saturated carbocycles. The van der Waals surface area contributed by atoms with Crippen molar-refractivity contribution in [2.75, 3.05) is 13.6 Å². The molecule has 24 heavy (non-hydrogen) atoms. The SMILES string of the molecule is CNC(=O)C1CCCCN1C(=O)c1ccn(-c2ccc(F)cc2)n1. The maximum atomic E-state index is 13.0. The second-order valence-corrected chi connectivity index (χ2v) is 5.75. The summed E-state index contributed by atoms with van der Waals surface area (Å²) in [6, 6.07) is 7.01. The topological polar surface area (TPSA) is 67.2 Å². The van der Waals surface area contributed by atoms with Gasteiger partial charge in [0, 0.05) is 19.8 Å². The van der Waals surface area contributed by atoms with Crippen LogP contribution in [-0.4, -0.2) is 46.1 Å². The lowest BCUT2D eigenvalue weighted by Gasteiger charge is -2.33. The highest BCUT2D eigenvalue weighted by Crippen LogP contribution is 2.20. The van der Waals surface area contributed by atoms with Gasteiger partial charge in [0.2, 0.25) is 5.91 Å². The average Bonchev–Trinajstić information content (AvgIpc) is 3.11.